The van der Waals surface area contributed by atoms with Gasteiger partial charge in [-0.2, -0.15) is 0 Å². The third-order valence-corrected chi connectivity index (χ3v) is 3.06. The van der Waals surface area contributed by atoms with Crippen molar-refractivity contribution in [2.24, 2.45) is 11.7 Å². The normalized spacial score (nSPS) is 27.0. The van der Waals surface area contributed by atoms with Crippen molar-refractivity contribution in [3.05, 3.63) is 35.4 Å². The lowest BCUT2D eigenvalue weighted by Crippen LogP contribution is -2.23. The fraction of sp³-hybridized carbons (Fsp3) is 0.500. The number of hydrogen-bond acceptors (Lipinski definition) is 2. The molecule has 1 aromatic carbocycles. The Morgan fingerprint density at radius 1 is 1.44 bits per heavy atom. The molecule has 1 fully saturated rings. The highest BCUT2D eigenvalue weighted by Gasteiger charge is 2.29. The van der Waals surface area contributed by atoms with Crippen LogP contribution in [-0.2, 0) is 4.74 Å². The van der Waals surface area contributed by atoms with Crippen LogP contribution in [0.1, 0.15) is 24.9 Å². The van der Waals surface area contributed by atoms with Gasteiger partial charge in [0, 0.05) is 23.6 Å². The van der Waals surface area contributed by atoms with Crippen molar-refractivity contribution >= 4 is 0 Å². The maximum atomic E-state index is 13.5. The van der Waals surface area contributed by atoms with Gasteiger partial charge in [-0.1, -0.05) is 6.07 Å². The molecule has 1 aliphatic heterocycles. The highest BCUT2D eigenvalue weighted by Crippen LogP contribution is 2.31. The van der Waals surface area contributed by atoms with E-state index in [1.165, 1.54) is 12.1 Å². The van der Waals surface area contributed by atoms with Crippen LogP contribution in [0.3, 0.4) is 0 Å². The lowest BCUT2D eigenvalue weighted by atomic mass is 9.91. The first-order valence-electron chi connectivity index (χ1n) is 5.40. The lowest BCUT2D eigenvalue weighted by Gasteiger charge is -2.18. The van der Waals surface area contributed by atoms with Crippen molar-refractivity contribution in [2.75, 3.05) is 6.61 Å². The summed E-state index contributed by atoms with van der Waals surface area (Å²) in [5, 5.41) is 0. The minimum atomic E-state index is -0.579. The summed E-state index contributed by atoms with van der Waals surface area (Å²) in [6.07, 6.45) is 0.984. The maximum absolute atomic E-state index is 13.5. The Kier molecular flexibility index (Phi) is 3.21. The van der Waals surface area contributed by atoms with E-state index in [4.69, 9.17) is 10.5 Å². The lowest BCUT2D eigenvalue weighted by molar-refractivity contribution is 0.118. The number of halogens is 2. The van der Waals surface area contributed by atoms with Gasteiger partial charge < -0.3 is 10.5 Å². The fourth-order valence-electron chi connectivity index (χ4n) is 2.13. The van der Waals surface area contributed by atoms with Gasteiger partial charge in [-0.25, -0.2) is 8.78 Å². The molecular weight excluding hydrogens is 212 g/mol. The van der Waals surface area contributed by atoms with Gasteiger partial charge in [-0.05, 0) is 19.4 Å². The van der Waals surface area contributed by atoms with Gasteiger partial charge in [-0.3, -0.25) is 0 Å². The van der Waals surface area contributed by atoms with E-state index in [-0.39, 0.29) is 12.0 Å². The number of ether oxygens (including phenoxy) is 1. The molecule has 2 nitrogen and oxygen atoms in total. The van der Waals surface area contributed by atoms with Crippen molar-refractivity contribution in [3.63, 3.8) is 0 Å². The molecule has 0 amide bonds. The molecule has 0 bridgehead atoms. The summed E-state index contributed by atoms with van der Waals surface area (Å²) in [6.45, 7) is 2.51. The van der Waals surface area contributed by atoms with Crippen LogP contribution in [0.2, 0.25) is 0 Å². The van der Waals surface area contributed by atoms with Gasteiger partial charge in [0.25, 0.3) is 0 Å². The first kappa shape index (κ1) is 11.5. The van der Waals surface area contributed by atoms with E-state index in [1.54, 1.807) is 0 Å². The second kappa shape index (κ2) is 4.47. The number of rotatable bonds is 2. The van der Waals surface area contributed by atoms with E-state index >= 15 is 0 Å². The molecular formula is C12H15F2NO. The zero-order chi connectivity index (χ0) is 11.7. The molecule has 3 atom stereocenters. The van der Waals surface area contributed by atoms with Crippen molar-refractivity contribution in [1.29, 1.82) is 0 Å². The zero-order valence-electron chi connectivity index (χ0n) is 9.12. The summed E-state index contributed by atoms with van der Waals surface area (Å²) in [5.41, 5.74) is 6.34. The van der Waals surface area contributed by atoms with Crippen molar-refractivity contribution in [2.45, 2.75) is 25.5 Å². The number of nitrogens with two attached hydrogens (primary N) is 1. The van der Waals surface area contributed by atoms with Crippen LogP contribution in [0.5, 0.6) is 0 Å². The zero-order valence-corrected chi connectivity index (χ0v) is 9.12. The van der Waals surface area contributed by atoms with Crippen LogP contribution in [0.25, 0.3) is 0 Å². The molecule has 1 aliphatic rings. The highest BCUT2D eigenvalue weighted by atomic mass is 19.1. The molecule has 1 aromatic rings. The Morgan fingerprint density at radius 3 is 2.75 bits per heavy atom. The molecule has 4 heteroatoms. The second-order valence-corrected chi connectivity index (χ2v) is 4.33. The molecule has 88 valence electrons. The number of benzene rings is 1. The molecule has 0 radical (unpaired) electrons. The van der Waals surface area contributed by atoms with Crippen LogP contribution in [0.4, 0.5) is 8.78 Å². The maximum Gasteiger partial charge on any atom is 0.130 e. The standard InChI is InChI=1S/C12H15F2NO/c1-7-4-8(6-16-7)12(15)10-3-2-9(13)5-11(10)14/h2-3,5,7-8,12H,4,6,15H2,1H3. The van der Waals surface area contributed by atoms with Crippen molar-refractivity contribution in [3.8, 4) is 0 Å². The summed E-state index contributed by atoms with van der Waals surface area (Å²) in [4.78, 5) is 0. The molecule has 1 saturated heterocycles. The smallest absolute Gasteiger partial charge is 0.130 e. The fourth-order valence-corrected chi connectivity index (χ4v) is 2.13. The first-order valence-corrected chi connectivity index (χ1v) is 5.40. The minimum absolute atomic E-state index is 0.106. The van der Waals surface area contributed by atoms with E-state index in [2.05, 4.69) is 0 Å². The largest absolute Gasteiger partial charge is 0.378 e. The predicted octanol–water partition coefficient (Wildman–Crippen LogP) is 2.39. The summed E-state index contributed by atoms with van der Waals surface area (Å²) in [5.74, 6) is -1.05. The van der Waals surface area contributed by atoms with Gasteiger partial charge in [-0.15, -0.1) is 0 Å². The van der Waals surface area contributed by atoms with Crippen LogP contribution < -0.4 is 5.73 Å². The minimum Gasteiger partial charge on any atom is -0.378 e. The number of hydrogen-bond donors (Lipinski definition) is 1. The van der Waals surface area contributed by atoms with E-state index < -0.39 is 17.7 Å². The molecule has 0 aromatic heterocycles. The molecule has 0 aliphatic carbocycles. The molecule has 0 spiro atoms. The second-order valence-electron chi connectivity index (χ2n) is 4.33. The summed E-state index contributed by atoms with van der Waals surface area (Å²) in [6, 6.07) is 3.09. The third kappa shape index (κ3) is 2.23. The molecule has 2 N–H and O–H groups in total. The van der Waals surface area contributed by atoms with Crippen molar-refractivity contribution in [1.82, 2.24) is 0 Å². The van der Waals surface area contributed by atoms with Crippen LogP contribution in [0.15, 0.2) is 18.2 Å². The quantitative estimate of drug-likeness (QED) is 0.842. The third-order valence-electron chi connectivity index (χ3n) is 3.06. The Labute approximate surface area is 93.4 Å². The molecule has 3 unspecified atom stereocenters. The monoisotopic (exact) mass is 227 g/mol. The van der Waals surface area contributed by atoms with Gasteiger partial charge in [0.15, 0.2) is 0 Å². The van der Waals surface area contributed by atoms with E-state index in [0.29, 0.717) is 12.2 Å². The van der Waals surface area contributed by atoms with E-state index in [0.717, 1.165) is 12.5 Å². The molecule has 16 heavy (non-hydrogen) atoms. The van der Waals surface area contributed by atoms with Crippen molar-refractivity contribution < 1.29 is 13.5 Å². The Bertz CT molecular complexity index is 383. The summed E-state index contributed by atoms with van der Waals surface area (Å²) in [7, 11) is 0. The van der Waals surface area contributed by atoms with Gasteiger partial charge in [0.05, 0.1) is 12.7 Å². The predicted molar refractivity (Wildman–Crippen MR) is 56.8 cm³/mol. The van der Waals surface area contributed by atoms with Gasteiger partial charge in [0.1, 0.15) is 11.6 Å². The van der Waals surface area contributed by atoms with Crippen LogP contribution >= 0.6 is 0 Å². The van der Waals surface area contributed by atoms with E-state index in [9.17, 15) is 8.78 Å². The topological polar surface area (TPSA) is 35.2 Å². The Hall–Kier alpha value is -1.00. The SMILES string of the molecule is CC1CC(C(N)c2ccc(F)cc2F)CO1. The van der Waals surface area contributed by atoms with Crippen LogP contribution in [0, 0.1) is 17.6 Å². The molecule has 1 heterocycles. The first-order chi connectivity index (χ1) is 7.58. The van der Waals surface area contributed by atoms with Gasteiger partial charge in [0.2, 0.25) is 0 Å². The molecule has 0 saturated carbocycles. The average Bonchev–Trinajstić information content (AvgIpc) is 2.64. The highest BCUT2D eigenvalue weighted by molar-refractivity contribution is 5.22. The van der Waals surface area contributed by atoms with Gasteiger partial charge >= 0.3 is 0 Å². The van der Waals surface area contributed by atoms with E-state index in [1.807, 2.05) is 6.92 Å². The summed E-state index contributed by atoms with van der Waals surface area (Å²) < 4.78 is 31.6. The molecule has 2 rings (SSSR count). The van der Waals surface area contributed by atoms with Crippen LogP contribution in [-0.4, -0.2) is 12.7 Å². The Balaban J connectivity index is 2.17. The summed E-state index contributed by atoms with van der Waals surface area (Å²) >= 11 is 0. The average molecular weight is 227 g/mol. The Morgan fingerprint density at radius 2 is 2.19 bits per heavy atom.